The number of Topliss-reactive ketones (excluding diaryl/α,β-unsaturated/α-hetero) is 1. The topological polar surface area (TPSA) is 49.8 Å². The third kappa shape index (κ3) is 3.46. The fraction of sp³-hybridized carbons (Fsp3) is 0.963. The molecule has 4 saturated carbocycles. The van der Waals surface area contributed by atoms with E-state index in [1.807, 2.05) is 6.92 Å². The molecule has 4 nitrogen and oxygen atoms in total. The predicted octanol–water partition coefficient (Wildman–Crippen LogP) is 4.68. The maximum absolute atomic E-state index is 12.4. The van der Waals surface area contributed by atoms with Gasteiger partial charge in [-0.25, -0.2) is 0 Å². The number of nitrogens with zero attached hydrogens (tertiary/aromatic N) is 1. The van der Waals surface area contributed by atoms with Crippen molar-refractivity contribution in [3.63, 3.8) is 0 Å². The van der Waals surface area contributed by atoms with E-state index in [0.29, 0.717) is 23.0 Å². The summed E-state index contributed by atoms with van der Waals surface area (Å²) in [6.45, 7) is 13.9. The number of hydrogen-bond donors (Lipinski definition) is 1. The Morgan fingerprint density at radius 2 is 1.74 bits per heavy atom. The van der Waals surface area contributed by atoms with Gasteiger partial charge in [-0.05, 0) is 107 Å². The zero-order chi connectivity index (χ0) is 22.2. The molecule has 4 heteroatoms. The van der Waals surface area contributed by atoms with Crippen molar-refractivity contribution >= 4 is 5.78 Å². The van der Waals surface area contributed by atoms with Gasteiger partial charge in [-0.1, -0.05) is 13.8 Å². The summed E-state index contributed by atoms with van der Waals surface area (Å²) in [5, 5.41) is 11.2. The molecule has 176 valence electrons. The summed E-state index contributed by atoms with van der Waals surface area (Å²) in [7, 11) is 0. The minimum absolute atomic E-state index is 0.122. The van der Waals surface area contributed by atoms with Crippen LogP contribution in [0, 0.1) is 40.4 Å². The molecule has 0 radical (unpaired) electrons. The van der Waals surface area contributed by atoms with Gasteiger partial charge in [0.15, 0.2) is 0 Å². The second-order valence-electron chi connectivity index (χ2n) is 13.1. The smallest absolute Gasteiger partial charge is 0.133 e. The molecule has 5 rings (SSSR count). The number of morpholine rings is 1. The minimum atomic E-state index is -0.203. The fourth-order valence-corrected chi connectivity index (χ4v) is 9.65. The third-order valence-electron chi connectivity index (χ3n) is 11.1. The van der Waals surface area contributed by atoms with E-state index in [9.17, 15) is 9.90 Å². The van der Waals surface area contributed by atoms with Crippen molar-refractivity contribution in [1.29, 1.82) is 0 Å². The van der Waals surface area contributed by atoms with E-state index in [4.69, 9.17) is 4.74 Å². The number of carbonyl (C=O) groups excluding carboxylic acids is 1. The number of rotatable bonds is 2. The maximum atomic E-state index is 12.4. The second kappa shape index (κ2) is 7.53. The second-order valence-corrected chi connectivity index (χ2v) is 13.1. The van der Waals surface area contributed by atoms with Crippen molar-refractivity contribution in [3.8, 4) is 0 Å². The molecule has 5 aliphatic rings. The van der Waals surface area contributed by atoms with E-state index in [1.54, 1.807) is 0 Å². The molecule has 0 spiro atoms. The Bertz CT molecular complexity index is 721. The van der Waals surface area contributed by atoms with Crippen LogP contribution in [0.2, 0.25) is 0 Å². The minimum Gasteiger partial charge on any atom is -0.391 e. The highest BCUT2D eigenvalue weighted by molar-refractivity contribution is 5.79. The van der Waals surface area contributed by atoms with Gasteiger partial charge in [-0.15, -0.1) is 0 Å². The highest BCUT2D eigenvalue weighted by atomic mass is 16.5. The van der Waals surface area contributed by atoms with Crippen molar-refractivity contribution in [1.82, 2.24) is 4.90 Å². The maximum Gasteiger partial charge on any atom is 0.133 e. The first kappa shape index (κ1) is 22.3. The molecular weight excluding hydrogens is 386 g/mol. The van der Waals surface area contributed by atoms with E-state index in [-0.39, 0.29) is 23.2 Å². The number of carbonyl (C=O) groups is 1. The van der Waals surface area contributed by atoms with E-state index in [2.05, 4.69) is 32.6 Å². The van der Waals surface area contributed by atoms with Crippen molar-refractivity contribution in [2.24, 2.45) is 40.4 Å². The Balaban J connectivity index is 1.39. The monoisotopic (exact) mass is 431 g/mol. The molecule has 31 heavy (non-hydrogen) atoms. The lowest BCUT2D eigenvalue weighted by molar-refractivity contribution is -0.169. The Morgan fingerprint density at radius 3 is 2.45 bits per heavy atom. The Kier molecular flexibility index (Phi) is 5.43. The van der Waals surface area contributed by atoms with E-state index >= 15 is 0 Å². The molecule has 1 N–H and O–H groups in total. The van der Waals surface area contributed by atoms with Gasteiger partial charge in [-0.2, -0.15) is 0 Å². The zero-order valence-corrected chi connectivity index (χ0v) is 20.5. The number of ketones is 1. The molecular formula is C27H45NO3. The van der Waals surface area contributed by atoms with Gasteiger partial charge in [0.1, 0.15) is 5.78 Å². The van der Waals surface area contributed by atoms with Crippen LogP contribution in [0.4, 0.5) is 0 Å². The van der Waals surface area contributed by atoms with Gasteiger partial charge in [0.2, 0.25) is 0 Å². The molecule has 9 atom stereocenters. The Morgan fingerprint density at radius 1 is 1.00 bits per heavy atom. The largest absolute Gasteiger partial charge is 0.391 e. The van der Waals surface area contributed by atoms with Crippen molar-refractivity contribution in [3.05, 3.63) is 0 Å². The summed E-state index contributed by atoms with van der Waals surface area (Å²) in [5.41, 5.74) is 0.436. The average molecular weight is 432 g/mol. The fourth-order valence-electron chi connectivity index (χ4n) is 9.65. The van der Waals surface area contributed by atoms with Gasteiger partial charge in [-0.3, -0.25) is 9.69 Å². The molecule has 0 aromatic heterocycles. The molecule has 0 aromatic rings. The molecule has 0 bridgehead atoms. The summed E-state index contributed by atoms with van der Waals surface area (Å²) < 4.78 is 5.98. The first-order chi connectivity index (χ1) is 14.6. The lowest BCUT2D eigenvalue weighted by Gasteiger charge is -2.63. The van der Waals surface area contributed by atoms with Crippen LogP contribution in [0.25, 0.3) is 0 Å². The van der Waals surface area contributed by atoms with Gasteiger partial charge in [0.25, 0.3) is 0 Å². The van der Waals surface area contributed by atoms with Crippen molar-refractivity contribution in [2.45, 2.75) is 104 Å². The van der Waals surface area contributed by atoms with Crippen LogP contribution >= 0.6 is 0 Å². The van der Waals surface area contributed by atoms with Crippen molar-refractivity contribution in [2.75, 3.05) is 19.7 Å². The van der Waals surface area contributed by atoms with E-state index < -0.39 is 0 Å². The Labute approximate surface area is 189 Å². The summed E-state index contributed by atoms with van der Waals surface area (Å²) in [5.74, 6) is 3.65. The normalized spacial score (nSPS) is 52.1. The molecule has 0 aromatic carbocycles. The first-order valence-corrected chi connectivity index (χ1v) is 13.1. The number of fused-ring (bicyclic) bond motifs is 5. The zero-order valence-electron chi connectivity index (χ0n) is 20.5. The molecule has 0 amide bonds. The first-order valence-electron chi connectivity index (χ1n) is 13.1. The molecule has 5 fully saturated rings. The van der Waals surface area contributed by atoms with E-state index in [1.165, 1.54) is 32.1 Å². The molecule has 1 heterocycles. The van der Waals surface area contributed by atoms with E-state index in [0.717, 1.165) is 56.7 Å². The summed E-state index contributed by atoms with van der Waals surface area (Å²) >= 11 is 0. The van der Waals surface area contributed by atoms with Crippen LogP contribution in [-0.4, -0.2) is 53.2 Å². The van der Waals surface area contributed by atoms with Crippen LogP contribution in [0.3, 0.4) is 0 Å². The highest BCUT2D eigenvalue weighted by Crippen LogP contribution is 2.67. The van der Waals surface area contributed by atoms with Gasteiger partial charge >= 0.3 is 0 Å². The van der Waals surface area contributed by atoms with Crippen molar-refractivity contribution < 1.29 is 14.6 Å². The summed E-state index contributed by atoms with van der Waals surface area (Å²) in [6.07, 6.45) is 9.37. The van der Waals surface area contributed by atoms with Gasteiger partial charge < -0.3 is 9.84 Å². The number of aliphatic hydroxyl groups excluding tert-OH is 1. The van der Waals surface area contributed by atoms with Crippen LogP contribution in [0.1, 0.15) is 86.0 Å². The SMILES string of the molecule is CC(=O)[C@H]1CC[C@H]2[C@@H]3CCC4CC(O)C(N5CCOC(C)(C)C5)C[C@]4(C)[C@H]3CC[C@]12C. The molecule has 4 aliphatic carbocycles. The highest BCUT2D eigenvalue weighted by Gasteiger charge is 2.62. The van der Waals surface area contributed by atoms with Gasteiger partial charge in [0, 0.05) is 25.0 Å². The quantitative estimate of drug-likeness (QED) is 0.689. The Hall–Kier alpha value is -0.450. The molecule has 1 saturated heterocycles. The lowest BCUT2D eigenvalue weighted by Crippen LogP contribution is -2.62. The molecule has 1 aliphatic heterocycles. The standard InChI is InChI=1S/C27H45NO3/c1-17(29)20-8-9-21-19-7-6-18-14-24(30)23(28-12-13-31-25(2,3)16-28)15-27(18,5)22(19)10-11-26(20,21)4/h18-24,30H,6-16H2,1-5H3/t18?,19-,20+,21-,22-,23?,24?,26+,27-/m0/s1. The van der Waals surface area contributed by atoms with Crippen LogP contribution in [0.15, 0.2) is 0 Å². The van der Waals surface area contributed by atoms with Crippen LogP contribution < -0.4 is 0 Å². The summed E-state index contributed by atoms with van der Waals surface area (Å²) in [4.78, 5) is 15.0. The average Bonchev–Trinajstić information content (AvgIpc) is 3.05. The van der Waals surface area contributed by atoms with Crippen LogP contribution in [-0.2, 0) is 9.53 Å². The number of aliphatic hydroxyl groups is 1. The van der Waals surface area contributed by atoms with Crippen LogP contribution in [0.5, 0.6) is 0 Å². The third-order valence-corrected chi connectivity index (χ3v) is 11.1. The lowest BCUT2D eigenvalue weighted by atomic mass is 9.44. The number of hydrogen-bond acceptors (Lipinski definition) is 4. The number of ether oxygens (including phenoxy) is 1. The summed E-state index contributed by atoms with van der Waals surface area (Å²) in [6, 6.07) is 0.269. The van der Waals surface area contributed by atoms with Gasteiger partial charge in [0.05, 0.1) is 18.3 Å². The molecule has 3 unspecified atom stereocenters. The predicted molar refractivity (Wildman–Crippen MR) is 123 cm³/mol.